The Kier molecular flexibility index (Phi) is 6.50. The summed E-state index contributed by atoms with van der Waals surface area (Å²) in [6, 6.07) is 3.65. The van der Waals surface area contributed by atoms with Crippen LogP contribution in [0.15, 0.2) is 22.8 Å². The number of nitrogens with one attached hydrogen (secondary N) is 2. The van der Waals surface area contributed by atoms with E-state index in [4.69, 9.17) is 4.42 Å². The zero-order valence-corrected chi connectivity index (χ0v) is 11.5. The van der Waals surface area contributed by atoms with Crippen molar-refractivity contribution >= 4 is 5.91 Å². The molecule has 4 nitrogen and oxygen atoms in total. The molecule has 1 unspecified atom stereocenters. The summed E-state index contributed by atoms with van der Waals surface area (Å²) in [7, 11) is 0. The smallest absolute Gasteiger partial charge is 0.236 e. The molecule has 1 amide bonds. The highest BCUT2D eigenvalue weighted by atomic mass is 16.3. The third-order valence-corrected chi connectivity index (χ3v) is 2.82. The summed E-state index contributed by atoms with van der Waals surface area (Å²) < 4.78 is 5.23. The lowest BCUT2D eigenvalue weighted by atomic mass is 10.1. The van der Waals surface area contributed by atoms with Crippen molar-refractivity contribution < 1.29 is 9.21 Å². The molecule has 1 atom stereocenters. The lowest BCUT2D eigenvalue weighted by Gasteiger charge is -2.14. The van der Waals surface area contributed by atoms with Crippen LogP contribution in [0.2, 0.25) is 0 Å². The minimum Gasteiger partial charge on any atom is -0.469 e. The molecule has 1 aromatic rings. The first-order chi connectivity index (χ1) is 8.59. The Balaban J connectivity index is 2.11. The summed E-state index contributed by atoms with van der Waals surface area (Å²) in [6.07, 6.45) is 3.48. The fourth-order valence-electron chi connectivity index (χ4n) is 1.60. The van der Waals surface area contributed by atoms with Crippen molar-refractivity contribution in [2.75, 3.05) is 13.1 Å². The second-order valence-corrected chi connectivity index (χ2v) is 4.98. The van der Waals surface area contributed by atoms with Crippen LogP contribution in [-0.4, -0.2) is 25.0 Å². The molecule has 2 N–H and O–H groups in total. The number of amides is 1. The molecule has 0 aliphatic heterocycles. The van der Waals surface area contributed by atoms with E-state index in [9.17, 15) is 4.79 Å². The SMILES string of the molecule is CC(C)CCNC(=O)C(C)NCCc1ccco1. The molecule has 18 heavy (non-hydrogen) atoms. The maximum absolute atomic E-state index is 11.7. The van der Waals surface area contributed by atoms with Crippen LogP contribution in [0.1, 0.15) is 33.0 Å². The molecule has 0 saturated carbocycles. The third-order valence-electron chi connectivity index (χ3n) is 2.82. The van der Waals surface area contributed by atoms with Gasteiger partial charge >= 0.3 is 0 Å². The maximum atomic E-state index is 11.7. The molecule has 0 aliphatic carbocycles. The van der Waals surface area contributed by atoms with Crippen LogP contribution in [-0.2, 0) is 11.2 Å². The van der Waals surface area contributed by atoms with Gasteiger partial charge in [-0.05, 0) is 31.4 Å². The van der Waals surface area contributed by atoms with Crippen molar-refractivity contribution in [3.8, 4) is 0 Å². The predicted molar refractivity (Wildman–Crippen MR) is 72.3 cm³/mol. The molecular weight excluding hydrogens is 228 g/mol. The van der Waals surface area contributed by atoms with E-state index in [2.05, 4.69) is 24.5 Å². The Morgan fingerprint density at radius 3 is 2.72 bits per heavy atom. The molecule has 0 fully saturated rings. The van der Waals surface area contributed by atoms with Crippen molar-refractivity contribution in [2.45, 2.75) is 39.7 Å². The van der Waals surface area contributed by atoms with Gasteiger partial charge in [-0.15, -0.1) is 0 Å². The maximum Gasteiger partial charge on any atom is 0.236 e. The fraction of sp³-hybridized carbons (Fsp3) is 0.643. The number of carbonyl (C=O) groups is 1. The highest BCUT2D eigenvalue weighted by molar-refractivity contribution is 5.81. The summed E-state index contributed by atoms with van der Waals surface area (Å²) >= 11 is 0. The molecule has 0 aromatic carbocycles. The monoisotopic (exact) mass is 252 g/mol. The van der Waals surface area contributed by atoms with Gasteiger partial charge in [-0.2, -0.15) is 0 Å². The van der Waals surface area contributed by atoms with Gasteiger partial charge in [-0.25, -0.2) is 0 Å². The summed E-state index contributed by atoms with van der Waals surface area (Å²) in [5, 5.41) is 6.12. The van der Waals surface area contributed by atoms with Crippen molar-refractivity contribution in [2.24, 2.45) is 5.92 Å². The van der Waals surface area contributed by atoms with Crippen LogP contribution in [0.3, 0.4) is 0 Å². The average Bonchev–Trinajstić information content (AvgIpc) is 2.81. The molecule has 102 valence electrons. The lowest BCUT2D eigenvalue weighted by Crippen LogP contribution is -2.43. The van der Waals surface area contributed by atoms with Crippen molar-refractivity contribution in [3.63, 3.8) is 0 Å². The van der Waals surface area contributed by atoms with E-state index in [-0.39, 0.29) is 11.9 Å². The average molecular weight is 252 g/mol. The van der Waals surface area contributed by atoms with E-state index >= 15 is 0 Å². The molecular formula is C14H24N2O2. The standard InChI is InChI=1S/C14H24N2O2/c1-11(2)6-8-16-14(17)12(3)15-9-7-13-5-4-10-18-13/h4-5,10-12,15H,6-9H2,1-3H3,(H,16,17). The van der Waals surface area contributed by atoms with Crippen LogP contribution in [0, 0.1) is 5.92 Å². The number of hydrogen-bond donors (Lipinski definition) is 2. The number of hydrogen-bond acceptors (Lipinski definition) is 3. The Morgan fingerprint density at radius 1 is 1.33 bits per heavy atom. The normalized spacial score (nSPS) is 12.7. The first-order valence-electron chi connectivity index (χ1n) is 6.63. The van der Waals surface area contributed by atoms with Gasteiger partial charge < -0.3 is 15.1 Å². The van der Waals surface area contributed by atoms with Crippen molar-refractivity contribution in [1.82, 2.24) is 10.6 Å². The van der Waals surface area contributed by atoms with Crippen LogP contribution < -0.4 is 10.6 Å². The molecule has 1 heterocycles. The molecule has 1 rings (SSSR count). The Hall–Kier alpha value is -1.29. The molecule has 0 radical (unpaired) electrons. The highest BCUT2D eigenvalue weighted by Gasteiger charge is 2.11. The van der Waals surface area contributed by atoms with Gasteiger partial charge in [0.2, 0.25) is 5.91 Å². The molecule has 0 aliphatic rings. The van der Waals surface area contributed by atoms with Gasteiger partial charge in [0.05, 0.1) is 12.3 Å². The zero-order chi connectivity index (χ0) is 13.4. The molecule has 1 aromatic heterocycles. The predicted octanol–water partition coefficient (Wildman–Crippen LogP) is 1.96. The summed E-state index contributed by atoms with van der Waals surface area (Å²) in [5.41, 5.74) is 0. The minimum atomic E-state index is -0.160. The number of rotatable bonds is 8. The highest BCUT2D eigenvalue weighted by Crippen LogP contribution is 2.00. The van der Waals surface area contributed by atoms with E-state index in [1.807, 2.05) is 19.1 Å². The van der Waals surface area contributed by atoms with Crippen LogP contribution in [0.4, 0.5) is 0 Å². The van der Waals surface area contributed by atoms with Gasteiger partial charge in [-0.3, -0.25) is 4.79 Å². The quantitative estimate of drug-likeness (QED) is 0.743. The number of furan rings is 1. The summed E-state index contributed by atoms with van der Waals surface area (Å²) in [4.78, 5) is 11.7. The lowest BCUT2D eigenvalue weighted by molar-refractivity contribution is -0.122. The molecule has 4 heteroatoms. The first-order valence-corrected chi connectivity index (χ1v) is 6.63. The topological polar surface area (TPSA) is 54.3 Å². The van der Waals surface area contributed by atoms with Crippen molar-refractivity contribution in [1.29, 1.82) is 0 Å². The largest absolute Gasteiger partial charge is 0.469 e. The van der Waals surface area contributed by atoms with Crippen molar-refractivity contribution in [3.05, 3.63) is 24.2 Å². The second-order valence-electron chi connectivity index (χ2n) is 4.98. The fourth-order valence-corrected chi connectivity index (χ4v) is 1.60. The number of carbonyl (C=O) groups excluding carboxylic acids is 1. The van der Waals surface area contributed by atoms with E-state index in [0.29, 0.717) is 5.92 Å². The Morgan fingerprint density at radius 2 is 2.11 bits per heavy atom. The minimum absolute atomic E-state index is 0.0649. The van der Waals surface area contributed by atoms with E-state index in [1.54, 1.807) is 6.26 Å². The first kappa shape index (κ1) is 14.8. The Labute approximate surface area is 109 Å². The zero-order valence-electron chi connectivity index (χ0n) is 11.5. The molecule has 0 bridgehead atoms. The van der Waals surface area contributed by atoms with Gasteiger partial charge in [-0.1, -0.05) is 13.8 Å². The van der Waals surface area contributed by atoms with Gasteiger partial charge in [0.25, 0.3) is 0 Å². The van der Waals surface area contributed by atoms with Gasteiger partial charge in [0.15, 0.2) is 0 Å². The van der Waals surface area contributed by atoms with E-state index < -0.39 is 0 Å². The summed E-state index contributed by atoms with van der Waals surface area (Å²) in [5.74, 6) is 1.62. The Bertz CT molecular complexity index is 334. The molecule has 0 saturated heterocycles. The second kappa shape index (κ2) is 7.93. The van der Waals surface area contributed by atoms with Crippen LogP contribution >= 0.6 is 0 Å². The van der Waals surface area contributed by atoms with Gasteiger partial charge in [0.1, 0.15) is 5.76 Å². The summed E-state index contributed by atoms with van der Waals surface area (Å²) in [6.45, 7) is 7.67. The van der Waals surface area contributed by atoms with E-state index in [0.717, 1.165) is 31.7 Å². The van der Waals surface area contributed by atoms with Gasteiger partial charge in [0, 0.05) is 19.5 Å². The third kappa shape index (κ3) is 5.87. The molecule has 0 spiro atoms. The van der Waals surface area contributed by atoms with E-state index in [1.165, 1.54) is 0 Å². The van der Waals surface area contributed by atoms with Crippen LogP contribution in [0.25, 0.3) is 0 Å². The van der Waals surface area contributed by atoms with Crippen LogP contribution in [0.5, 0.6) is 0 Å².